The summed E-state index contributed by atoms with van der Waals surface area (Å²) in [4.78, 5) is 39.2. The highest BCUT2D eigenvalue weighted by Crippen LogP contribution is 2.29. The Morgan fingerprint density at radius 3 is 2.59 bits per heavy atom. The first kappa shape index (κ1) is 23.8. The van der Waals surface area contributed by atoms with Crippen LogP contribution in [0.2, 0.25) is 0 Å². The van der Waals surface area contributed by atoms with Crippen molar-refractivity contribution in [1.29, 1.82) is 0 Å². The van der Waals surface area contributed by atoms with Crippen LogP contribution in [0.3, 0.4) is 0 Å². The second kappa shape index (κ2) is 10.2. The molecule has 0 saturated carbocycles. The van der Waals surface area contributed by atoms with Gasteiger partial charge in [0.1, 0.15) is 0 Å². The Labute approximate surface area is 183 Å². The average molecular weight is 456 g/mol. The molecule has 0 aromatic heterocycles. The van der Waals surface area contributed by atoms with E-state index in [9.17, 15) is 27.6 Å². The van der Waals surface area contributed by atoms with Gasteiger partial charge in [0.2, 0.25) is 5.91 Å². The van der Waals surface area contributed by atoms with Crippen LogP contribution in [0.15, 0.2) is 24.3 Å². The predicted octanol–water partition coefficient (Wildman–Crippen LogP) is 2.16. The summed E-state index contributed by atoms with van der Waals surface area (Å²) in [5, 5.41) is 14.4. The lowest BCUT2D eigenvalue weighted by molar-refractivity contribution is -0.137. The molecule has 3 N–H and O–H groups in total. The summed E-state index contributed by atoms with van der Waals surface area (Å²) < 4.78 is 38.4. The zero-order valence-corrected chi connectivity index (χ0v) is 17.5. The van der Waals surface area contributed by atoms with E-state index in [0.717, 1.165) is 50.4 Å². The van der Waals surface area contributed by atoms with Crippen LogP contribution in [-0.4, -0.2) is 77.6 Å². The molecule has 2 saturated heterocycles. The van der Waals surface area contributed by atoms with Crippen LogP contribution < -0.4 is 10.6 Å². The summed E-state index contributed by atoms with van der Waals surface area (Å²) in [7, 11) is 0. The number of halogens is 3. The van der Waals surface area contributed by atoms with Gasteiger partial charge in [-0.15, -0.1) is 0 Å². The van der Waals surface area contributed by atoms with Crippen molar-refractivity contribution < 1.29 is 32.7 Å². The van der Waals surface area contributed by atoms with Crippen LogP contribution in [0.25, 0.3) is 0 Å². The first-order valence-electron chi connectivity index (χ1n) is 10.6. The molecular formula is C21H27F3N4O4. The molecule has 2 atom stereocenters. The summed E-state index contributed by atoms with van der Waals surface area (Å²) >= 11 is 0. The number of nitrogens with zero attached hydrogens (tertiary/aromatic N) is 2. The third-order valence-corrected chi connectivity index (χ3v) is 5.93. The Morgan fingerprint density at radius 1 is 1.09 bits per heavy atom. The van der Waals surface area contributed by atoms with E-state index in [2.05, 4.69) is 15.5 Å². The molecule has 2 aliphatic heterocycles. The van der Waals surface area contributed by atoms with Gasteiger partial charge in [0.15, 0.2) is 0 Å². The van der Waals surface area contributed by atoms with E-state index in [4.69, 9.17) is 5.11 Å². The normalized spacial score (nSPS) is 22.3. The zero-order chi connectivity index (χ0) is 23.3. The third kappa shape index (κ3) is 6.35. The second-order valence-electron chi connectivity index (χ2n) is 8.16. The van der Waals surface area contributed by atoms with E-state index >= 15 is 0 Å². The Bertz CT molecular complexity index is 849. The molecule has 1 aromatic rings. The number of hydrogen-bond donors (Lipinski definition) is 3. The number of hydrogen-bond acceptors (Lipinski definition) is 4. The van der Waals surface area contributed by atoms with E-state index in [0.29, 0.717) is 19.6 Å². The van der Waals surface area contributed by atoms with Crippen LogP contribution in [0.5, 0.6) is 0 Å². The minimum absolute atomic E-state index is 0.0909. The molecule has 1 aromatic carbocycles. The van der Waals surface area contributed by atoms with Gasteiger partial charge in [0.25, 0.3) is 5.91 Å². The van der Waals surface area contributed by atoms with Crippen LogP contribution in [0.1, 0.15) is 41.6 Å². The van der Waals surface area contributed by atoms with Crippen LogP contribution in [-0.2, 0) is 11.0 Å². The summed E-state index contributed by atoms with van der Waals surface area (Å²) in [6.07, 6.45) is -2.26. The molecule has 0 bridgehead atoms. The zero-order valence-electron chi connectivity index (χ0n) is 17.5. The van der Waals surface area contributed by atoms with E-state index in [1.54, 1.807) is 0 Å². The number of carbonyl (C=O) groups is 3. The van der Waals surface area contributed by atoms with Crippen LogP contribution in [0.4, 0.5) is 18.0 Å². The van der Waals surface area contributed by atoms with Crippen molar-refractivity contribution in [3.63, 3.8) is 0 Å². The van der Waals surface area contributed by atoms with Gasteiger partial charge < -0.3 is 20.6 Å². The van der Waals surface area contributed by atoms with Crippen molar-refractivity contribution in [3.8, 4) is 0 Å². The van der Waals surface area contributed by atoms with Crippen LogP contribution in [0, 0.1) is 0 Å². The minimum atomic E-state index is -4.55. The van der Waals surface area contributed by atoms with Crippen LogP contribution >= 0.6 is 0 Å². The molecule has 0 radical (unpaired) electrons. The monoisotopic (exact) mass is 456 g/mol. The molecule has 0 unspecified atom stereocenters. The summed E-state index contributed by atoms with van der Waals surface area (Å²) in [6.45, 7) is 2.13. The maximum Gasteiger partial charge on any atom is 0.416 e. The highest BCUT2D eigenvalue weighted by Gasteiger charge is 2.32. The fraction of sp³-hybridized carbons (Fsp3) is 0.571. The highest BCUT2D eigenvalue weighted by molar-refractivity contribution is 5.96. The van der Waals surface area contributed by atoms with Gasteiger partial charge in [-0.05, 0) is 43.9 Å². The molecular weight excluding hydrogens is 429 g/mol. The summed E-state index contributed by atoms with van der Waals surface area (Å²) in [5.41, 5.74) is -1.09. The second-order valence-corrected chi connectivity index (χ2v) is 8.16. The largest absolute Gasteiger partial charge is 0.465 e. The Kier molecular flexibility index (Phi) is 7.60. The smallest absolute Gasteiger partial charge is 0.416 e. The van der Waals surface area contributed by atoms with Crippen molar-refractivity contribution >= 4 is 17.9 Å². The topological polar surface area (TPSA) is 102 Å². The number of likely N-dealkylation sites (tertiary alicyclic amines) is 2. The number of rotatable bonds is 5. The molecule has 8 nitrogen and oxygen atoms in total. The van der Waals surface area contributed by atoms with Crippen molar-refractivity contribution in [2.75, 3.05) is 32.7 Å². The van der Waals surface area contributed by atoms with E-state index in [-0.39, 0.29) is 24.2 Å². The van der Waals surface area contributed by atoms with E-state index in [1.165, 1.54) is 11.0 Å². The van der Waals surface area contributed by atoms with E-state index in [1.807, 2.05) is 0 Å². The standard InChI is InChI=1S/C21H27F3N4O4/c22-21(23,24)15-4-1-3-14(11-15)19(30)25-12-18(29)26-16-6-9-28(13-16)17-5-2-8-27(10-7-17)20(31)32/h1,3-4,11,16-17H,2,5-10,12-13H2,(H,25,30)(H,26,29)(H,31,32)/t16-,17+/m1/s1. The number of carbonyl (C=O) groups excluding carboxylic acids is 2. The van der Waals surface area contributed by atoms with Gasteiger partial charge in [0.05, 0.1) is 12.1 Å². The molecule has 0 aliphatic carbocycles. The van der Waals surface area contributed by atoms with Gasteiger partial charge in [0, 0.05) is 43.8 Å². The summed E-state index contributed by atoms with van der Waals surface area (Å²) in [5.74, 6) is -1.16. The first-order valence-corrected chi connectivity index (χ1v) is 10.6. The number of amides is 3. The van der Waals surface area contributed by atoms with Crippen molar-refractivity contribution in [2.45, 2.75) is 43.9 Å². The molecule has 3 rings (SSSR count). The molecule has 2 heterocycles. The Hall–Kier alpha value is -2.82. The van der Waals surface area contributed by atoms with Gasteiger partial charge in [-0.1, -0.05) is 6.07 Å². The quantitative estimate of drug-likeness (QED) is 0.630. The maximum atomic E-state index is 12.8. The summed E-state index contributed by atoms with van der Waals surface area (Å²) in [6, 6.07) is 4.21. The molecule has 176 valence electrons. The lowest BCUT2D eigenvalue weighted by Crippen LogP contribution is -2.44. The number of benzene rings is 1. The lowest BCUT2D eigenvalue weighted by atomic mass is 10.1. The third-order valence-electron chi connectivity index (χ3n) is 5.93. The van der Waals surface area contributed by atoms with Crippen molar-refractivity contribution in [2.24, 2.45) is 0 Å². The molecule has 11 heteroatoms. The molecule has 2 fully saturated rings. The maximum absolute atomic E-state index is 12.8. The Balaban J connectivity index is 1.43. The fourth-order valence-corrected chi connectivity index (χ4v) is 4.25. The van der Waals surface area contributed by atoms with Gasteiger partial charge in [-0.25, -0.2) is 4.79 Å². The van der Waals surface area contributed by atoms with Crippen molar-refractivity contribution in [1.82, 2.24) is 20.4 Å². The number of carboxylic acid groups (broad SMARTS) is 1. The molecule has 32 heavy (non-hydrogen) atoms. The van der Waals surface area contributed by atoms with Gasteiger partial charge in [-0.3, -0.25) is 14.5 Å². The fourth-order valence-electron chi connectivity index (χ4n) is 4.25. The SMILES string of the molecule is O=C(CNC(=O)c1cccc(C(F)(F)F)c1)N[C@@H]1CCN([C@H]2CCCN(C(=O)O)CC2)C1. The molecule has 3 amide bonds. The number of alkyl halides is 3. The lowest BCUT2D eigenvalue weighted by Gasteiger charge is -2.26. The minimum Gasteiger partial charge on any atom is -0.465 e. The predicted molar refractivity (Wildman–Crippen MR) is 109 cm³/mol. The number of nitrogens with one attached hydrogen (secondary N) is 2. The van der Waals surface area contributed by atoms with E-state index < -0.39 is 29.6 Å². The first-order chi connectivity index (χ1) is 15.1. The van der Waals surface area contributed by atoms with Gasteiger partial charge in [-0.2, -0.15) is 13.2 Å². The van der Waals surface area contributed by atoms with Gasteiger partial charge >= 0.3 is 12.3 Å². The molecule has 2 aliphatic rings. The Morgan fingerprint density at radius 2 is 1.88 bits per heavy atom. The highest BCUT2D eigenvalue weighted by atomic mass is 19.4. The molecule has 0 spiro atoms. The average Bonchev–Trinajstić information content (AvgIpc) is 3.05. The van der Waals surface area contributed by atoms with Crippen molar-refractivity contribution in [3.05, 3.63) is 35.4 Å².